The molecule has 1 radical (unpaired) electrons. The van der Waals surface area contributed by atoms with E-state index in [1.807, 2.05) is 6.07 Å². The molecule has 0 aliphatic heterocycles. The number of hydrogen-bond donors (Lipinski definition) is 2. The molecule has 10 heteroatoms. The number of pyridine rings is 2. The van der Waals surface area contributed by atoms with Crippen LogP contribution in [0.2, 0.25) is 5.02 Å². The highest BCUT2D eigenvalue weighted by Crippen LogP contribution is 2.20. The molecular formula is C20H18ClFN5O3. The third kappa shape index (κ3) is 5.62. The number of benzene rings is 1. The molecule has 2 heterocycles. The molecule has 1 unspecified atom stereocenters. The molecule has 1 atom stereocenters. The Morgan fingerprint density at radius 2 is 2.10 bits per heavy atom. The van der Waals surface area contributed by atoms with Crippen molar-refractivity contribution in [3.63, 3.8) is 0 Å². The highest BCUT2D eigenvalue weighted by atomic mass is 35.5. The Labute approximate surface area is 176 Å². The maximum absolute atomic E-state index is 13.6. The lowest BCUT2D eigenvalue weighted by Crippen LogP contribution is -2.38. The van der Waals surface area contributed by atoms with Crippen LogP contribution in [0.5, 0.6) is 0 Å². The van der Waals surface area contributed by atoms with E-state index in [9.17, 15) is 14.0 Å². The molecule has 3 aromatic rings. The van der Waals surface area contributed by atoms with Crippen LogP contribution < -0.4 is 16.0 Å². The van der Waals surface area contributed by atoms with Crippen LogP contribution in [0.25, 0.3) is 10.9 Å². The monoisotopic (exact) mass is 430 g/mol. The molecule has 2 aromatic heterocycles. The van der Waals surface area contributed by atoms with E-state index in [1.165, 1.54) is 25.4 Å². The number of hydrogen-bond acceptors (Lipinski definition) is 6. The van der Waals surface area contributed by atoms with Gasteiger partial charge in [0.05, 0.1) is 23.2 Å². The first-order chi connectivity index (χ1) is 14.5. The molecule has 2 amide bonds. The molecule has 8 nitrogen and oxygen atoms in total. The number of fused-ring (bicyclic) bond motifs is 1. The van der Waals surface area contributed by atoms with Gasteiger partial charge in [0.2, 0.25) is 5.91 Å². The van der Waals surface area contributed by atoms with Crippen LogP contribution >= 0.6 is 11.6 Å². The van der Waals surface area contributed by atoms with Gasteiger partial charge in [-0.2, -0.15) is 0 Å². The van der Waals surface area contributed by atoms with Crippen LogP contribution in [0.3, 0.4) is 0 Å². The van der Waals surface area contributed by atoms with Gasteiger partial charge in [0.15, 0.2) is 6.23 Å². The summed E-state index contributed by atoms with van der Waals surface area (Å²) in [4.78, 5) is 32.3. The van der Waals surface area contributed by atoms with E-state index in [0.717, 1.165) is 5.39 Å². The molecule has 0 aliphatic rings. The SMILES string of the molecule is C[N]C(=O)CC(NCc1cccc(F)c1Cl)OC(=O)Nc1cc2cccnc2cn1. The van der Waals surface area contributed by atoms with Gasteiger partial charge in [-0.15, -0.1) is 0 Å². The van der Waals surface area contributed by atoms with Gasteiger partial charge in [-0.1, -0.05) is 29.8 Å². The summed E-state index contributed by atoms with van der Waals surface area (Å²) >= 11 is 5.94. The topological polar surface area (TPSA) is 107 Å². The normalized spacial score (nSPS) is 11.7. The Bertz CT molecular complexity index is 1070. The van der Waals surface area contributed by atoms with Gasteiger partial charge in [0.25, 0.3) is 0 Å². The van der Waals surface area contributed by atoms with Crippen LogP contribution in [-0.2, 0) is 16.1 Å². The fraction of sp³-hybridized carbons (Fsp3) is 0.200. The van der Waals surface area contributed by atoms with E-state index in [4.69, 9.17) is 16.3 Å². The fourth-order valence-corrected chi connectivity index (χ4v) is 2.81. The number of aromatic nitrogens is 2. The molecule has 0 bridgehead atoms. The van der Waals surface area contributed by atoms with Crippen molar-refractivity contribution in [2.45, 2.75) is 19.2 Å². The van der Waals surface area contributed by atoms with Crippen molar-refractivity contribution >= 4 is 40.3 Å². The van der Waals surface area contributed by atoms with E-state index in [1.54, 1.807) is 24.4 Å². The Hall–Kier alpha value is -3.30. The molecule has 1 aromatic carbocycles. The van der Waals surface area contributed by atoms with E-state index in [0.29, 0.717) is 11.1 Å². The maximum Gasteiger partial charge on any atom is 0.414 e. The number of nitrogens with one attached hydrogen (secondary N) is 2. The summed E-state index contributed by atoms with van der Waals surface area (Å²) in [5, 5.41) is 9.66. The number of halogens is 2. The zero-order valence-corrected chi connectivity index (χ0v) is 16.7. The first-order valence-corrected chi connectivity index (χ1v) is 9.31. The lowest BCUT2D eigenvalue weighted by Gasteiger charge is -2.19. The fourth-order valence-electron chi connectivity index (χ4n) is 2.62. The van der Waals surface area contributed by atoms with Crippen molar-refractivity contribution in [1.29, 1.82) is 0 Å². The first-order valence-electron chi connectivity index (χ1n) is 8.93. The minimum absolute atomic E-state index is 0.0475. The van der Waals surface area contributed by atoms with Gasteiger partial charge in [0.1, 0.15) is 11.6 Å². The predicted molar refractivity (Wildman–Crippen MR) is 109 cm³/mol. The van der Waals surface area contributed by atoms with Crippen LogP contribution in [0, 0.1) is 5.82 Å². The highest BCUT2D eigenvalue weighted by Gasteiger charge is 2.19. The highest BCUT2D eigenvalue weighted by molar-refractivity contribution is 6.31. The number of carbonyl (C=O) groups excluding carboxylic acids is 2. The van der Waals surface area contributed by atoms with Gasteiger partial charge in [0, 0.05) is 25.2 Å². The minimum Gasteiger partial charge on any atom is -0.430 e. The average Bonchev–Trinajstić information content (AvgIpc) is 2.74. The summed E-state index contributed by atoms with van der Waals surface area (Å²) in [5.41, 5.74) is 1.13. The molecule has 3 rings (SSSR count). The average molecular weight is 431 g/mol. The standard InChI is InChI=1S/C20H18ClFN5O3/c1-23-17(28)9-18(26-10-13-4-2-6-14(22)19(13)21)30-20(29)27-16-8-12-5-3-7-24-15(12)11-25-16/h2-8,11,18,26H,9-10H2,1H3,(H,25,27,29). The van der Waals surface area contributed by atoms with Crippen LogP contribution in [-0.4, -0.2) is 35.2 Å². The van der Waals surface area contributed by atoms with Gasteiger partial charge in [-0.25, -0.2) is 14.2 Å². The van der Waals surface area contributed by atoms with E-state index >= 15 is 0 Å². The molecule has 0 fully saturated rings. The first kappa shape index (κ1) is 21.4. The second-order valence-corrected chi connectivity index (χ2v) is 6.58. The largest absolute Gasteiger partial charge is 0.430 e. The summed E-state index contributed by atoms with van der Waals surface area (Å²) in [6.45, 7) is 0.0748. The third-order valence-electron chi connectivity index (χ3n) is 4.13. The number of carbonyl (C=O) groups is 2. The van der Waals surface area contributed by atoms with E-state index < -0.39 is 24.0 Å². The molecular weight excluding hydrogens is 413 g/mol. The van der Waals surface area contributed by atoms with Gasteiger partial charge in [-0.05, 0) is 23.8 Å². The quantitative estimate of drug-likeness (QED) is 0.557. The summed E-state index contributed by atoms with van der Waals surface area (Å²) in [6.07, 6.45) is 1.13. The Balaban J connectivity index is 1.66. The van der Waals surface area contributed by atoms with Gasteiger partial charge < -0.3 is 4.74 Å². The second-order valence-electron chi connectivity index (χ2n) is 6.20. The maximum atomic E-state index is 13.6. The van der Waals surface area contributed by atoms with Crippen molar-refractivity contribution in [3.8, 4) is 0 Å². The molecule has 0 saturated carbocycles. The lowest BCUT2D eigenvalue weighted by atomic mass is 10.2. The van der Waals surface area contributed by atoms with Crippen molar-refractivity contribution < 1.29 is 18.7 Å². The number of anilines is 1. The Kier molecular flexibility index (Phi) is 7.10. The van der Waals surface area contributed by atoms with E-state index in [-0.39, 0.29) is 23.8 Å². The third-order valence-corrected chi connectivity index (χ3v) is 4.55. The van der Waals surface area contributed by atoms with Gasteiger partial charge in [-0.3, -0.25) is 25.7 Å². The van der Waals surface area contributed by atoms with Crippen molar-refractivity contribution in [1.82, 2.24) is 20.6 Å². The Morgan fingerprint density at radius 3 is 2.90 bits per heavy atom. The number of ether oxygens (including phenoxy) is 1. The van der Waals surface area contributed by atoms with Crippen molar-refractivity contribution in [3.05, 3.63) is 65.2 Å². The van der Waals surface area contributed by atoms with Crippen molar-refractivity contribution in [2.24, 2.45) is 0 Å². The second kappa shape index (κ2) is 9.95. The molecule has 30 heavy (non-hydrogen) atoms. The van der Waals surface area contributed by atoms with Gasteiger partial charge >= 0.3 is 6.09 Å². The van der Waals surface area contributed by atoms with Crippen LogP contribution in [0.4, 0.5) is 15.0 Å². The number of amides is 2. The van der Waals surface area contributed by atoms with Crippen LogP contribution in [0.15, 0.2) is 48.8 Å². The molecule has 0 spiro atoms. The smallest absolute Gasteiger partial charge is 0.414 e. The Morgan fingerprint density at radius 1 is 1.27 bits per heavy atom. The zero-order chi connectivity index (χ0) is 21.5. The summed E-state index contributed by atoms with van der Waals surface area (Å²) in [7, 11) is 1.34. The zero-order valence-electron chi connectivity index (χ0n) is 15.9. The summed E-state index contributed by atoms with van der Waals surface area (Å²) in [5.74, 6) is -0.776. The summed E-state index contributed by atoms with van der Waals surface area (Å²) < 4.78 is 18.9. The number of rotatable bonds is 7. The molecule has 0 aliphatic carbocycles. The number of nitrogens with zero attached hydrogens (tertiary/aromatic N) is 3. The van der Waals surface area contributed by atoms with Crippen molar-refractivity contribution in [2.75, 3.05) is 12.4 Å². The van der Waals surface area contributed by atoms with Crippen LogP contribution in [0.1, 0.15) is 12.0 Å². The molecule has 2 N–H and O–H groups in total. The van der Waals surface area contributed by atoms with E-state index in [2.05, 4.69) is 25.9 Å². The molecule has 0 saturated heterocycles. The lowest BCUT2D eigenvalue weighted by molar-refractivity contribution is -0.123. The summed E-state index contributed by atoms with van der Waals surface area (Å²) in [6, 6.07) is 9.60. The molecule has 155 valence electrons. The minimum atomic E-state index is -1.01. The predicted octanol–water partition coefficient (Wildman–Crippen LogP) is 3.24.